The Morgan fingerprint density at radius 3 is 2.63 bits per heavy atom. The van der Waals surface area contributed by atoms with Crippen molar-refractivity contribution in [2.24, 2.45) is 0 Å². The van der Waals surface area contributed by atoms with E-state index in [-0.39, 0.29) is 18.6 Å². The molecule has 0 fully saturated rings. The summed E-state index contributed by atoms with van der Waals surface area (Å²) < 4.78 is 10.9. The number of phenolic OH excluding ortho intramolecular Hbond substituents is 1. The quantitative estimate of drug-likeness (QED) is 0.639. The number of phenols is 1. The first kappa shape index (κ1) is 17.5. The molecule has 5 nitrogen and oxygen atoms in total. The number of nitrogens with one attached hydrogen (secondary N) is 1. The Kier molecular flexibility index (Phi) is 4.54. The second-order valence-electron chi connectivity index (χ2n) is 6.65. The van der Waals surface area contributed by atoms with E-state index in [2.05, 4.69) is 10.3 Å². The van der Waals surface area contributed by atoms with Gasteiger partial charge in [-0.15, -0.1) is 0 Å². The Bertz CT molecular complexity index is 1000. The van der Waals surface area contributed by atoms with Crippen molar-refractivity contribution in [1.29, 1.82) is 0 Å². The molecule has 2 aromatic carbocycles. The first-order valence-corrected chi connectivity index (χ1v) is 9.05. The van der Waals surface area contributed by atoms with Crippen LogP contribution in [0.3, 0.4) is 0 Å². The molecule has 27 heavy (non-hydrogen) atoms. The number of aromatic hydroxyl groups is 1. The van der Waals surface area contributed by atoms with E-state index in [4.69, 9.17) is 21.1 Å². The lowest BCUT2D eigenvalue weighted by Gasteiger charge is -2.14. The molecule has 0 atom stereocenters. The van der Waals surface area contributed by atoms with Crippen LogP contribution in [-0.2, 0) is 0 Å². The van der Waals surface area contributed by atoms with Gasteiger partial charge in [0.1, 0.15) is 11.6 Å². The number of benzene rings is 2. The SMILES string of the molecule is CC(C)Nc1cc(-c2ccc3c(c2)OCO3)cc(-c2cc(Cl)ccc2O)n1. The zero-order valence-corrected chi connectivity index (χ0v) is 15.7. The highest BCUT2D eigenvalue weighted by Crippen LogP contribution is 2.38. The van der Waals surface area contributed by atoms with Gasteiger partial charge >= 0.3 is 0 Å². The molecule has 1 aromatic heterocycles. The second-order valence-corrected chi connectivity index (χ2v) is 7.09. The smallest absolute Gasteiger partial charge is 0.231 e. The van der Waals surface area contributed by atoms with E-state index in [0.29, 0.717) is 16.3 Å². The summed E-state index contributed by atoms with van der Waals surface area (Å²) in [6.45, 7) is 4.33. The van der Waals surface area contributed by atoms with Crippen molar-refractivity contribution in [2.75, 3.05) is 12.1 Å². The molecule has 0 saturated heterocycles. The highest BCUT2D eigenvalue weighted by molar-refractivity contribution is 6.31. The molecule has 138 valence electrons. The summed E-state index contributed by atoms with van der Waals surface area (Å²) in [7, 11) is 0. The van der Waals surface area contributed by atoms with Crippen LogP contribution in [0.5, 0.6) is 17.2 Å². The van der Waals surface area contributed by atoms with Crippen LogP contribution in [0.4, 0.5) is 5.82 Å². The summed E-state index contributed by atoms with van der Waals surface area (Å²) in [5.74, 6) is 2.30. The van der Waals surface area contributed by atoms with E-state index < -0.39 is 0 Å². The highest BCUT2D eigenvalue weighted by atomic mass is 35.5. The summed E-state index contributed by atoms with van der Waals surface area (Å²) in [5.41, 5.74) is 3.13. The topological polar surface area (TPSA) is 63.6 Å². The van der Waals surface area contributed by atoms with E-state index in [1.807, 2.05) is 44.2 Å². The third kappa shape index (κ3) is 3.64. The minimum Gasteiger partial charge on any atom is -0.507 e. The van der Waals surface area contributed by atoms with Crippen molar-refractivity contribution in [3.05, 3.63) is 53.6 Å². The molecule has 0 bridgehead atoms. The van der Waals surface area contributed by atoms with Crippen LogP contribution in [0, 0.1) is 0 Å². The lowest BCUT2D eigenvalue weighted by Crippen LogP contribution is -2.11. The summed E-state index contributed by atoms with van der Waals surface area (Å²) in [5, 5.41) is 14.2. The van der Waals surface area contributed by atoms with Crippen LogP contribution in [-0.4, -0.2) is 22.9 Å². The van der Waals surface area contributed by atoms with Crippen LogP contribution in [0.25, 0.3) is 22.4 Å². The number of pyridine rings is 1. The number of nitrogens with zero attached hydrogens (tertiary/aromatic N) is 1. The fourth-order valence-electron chi connectivity index (χ4n) is 2.99. The highest BCUT2D eigenvalue weighted by Gasteiger charge is 2.16. The Balaban J connectivity index is 1.85. The van der Waals surface area contributed by atoms with E-state index in [1.54, 1.807) is 18.2 Å². The number of ether oxygens (including phenoxy) is 2. The van der Waals surface area contributed by atoms with Gasteiger partial charge in [-0.25, -0.2) is 4.98 Å². The van der Waals surface area contributed by atoms with Crippen molar-refractivity contribution in [3.8, 4) is 39.6 Å². The molecule has 0 aliphatic carbocycles. The summed E-state index contributed by atoms with van der Waals surface area (Å²) in [6, 6.07) is 14.9. The van der Waals surface area contributed by atoms with Gasteiger partial charge in [0.25, 0.3) is 0 Å². The van der Waals surface area contributed by atoms with Gasteiger partial charge in [0.15, 0.2) is 11.5 Å². The fraction of sp³-hybridized carbons (Fsp3) is 0.190. The predicted molar refractivity (Wildman–Crippen MR) is 107 cm³/mol. The molecule has 0 radical (unpaired) electrons. The third-order valence-corrected chi connectivity index (χ3v) is 4.44. The van der Waals surface area contributed by atoms with Crippen molar-refractivity contribution in [3.63, 3.8) is 0 Å². The number of anilines is 1. The molecule has 0 spiro atoms. The number of hydrogen-bond donors (Lipinski definition) is 2. The lowest BCUT2D eigenvalue weighted by molar-refractivity contribution is 0.174. The molecule has 0 saturated carbocycles. The number of fused-ring (bicyclic) bond motifs is 1. The van der Waals surface area contributed by atoms with Crippen LogP contribution < -0.4 is 14.8 Å². The van der Waals surface area contributed by atoms with Gasteiger partial charge in [-0.2, -0.15) is 0 Å². The maximum atomic E-state index is 10.3. The molecule has 1 aliphatic heterocycles. The molecule has 6 heteroatoms. The molecule has 0 amide bonds. The average molecular weight is 383 g/mol. The van der Waals surface area contributed by atoms with E-state index in [1.165, 1.54) is 0 Å². The maximum absolute atomic E-state index is 10.3. The van der Waals surface area contributed by atoms with Crippen LogP contribution in [0.1, 0.15) is 13.8 Å². The molecule has 3 aromatic rings. The summed E-state index contributed by atoms with van der Waals surface area (Å²) >= 11 is 6.13. The Morgan fingerprint density at radius 1 is 1.00 bits per heavy atom. The minimum absolute atomic E-state index is 0.130. The van der Waals surface area contributed by atoms with Gasteiger partial charge in [-0.1, -0.05) is 17.7 Å². The molecular weight excluding hydrogens is 364 g/mol. The molecule has 2 heterocycles. The fourth-order valence-corrected chi connectivity index (χ4v) is 3.17. The summed E-state index contributed by atoms with van der Waals surface area (Å²) in [6.07, 6.45) is 0. The first-order chi connectivity index (χ1) is 13.0. The molecular formula is C21H19ClN2O3. The van der Waals surface area contributed by atoms with Crippen LogP contribution >= 0.6 is 11.6 Å². The number of hydrogen-bond acceptors (Lipinski definition) is 5. The molecule has 2 N–H and O–H groups in total. The normalized spacial score (nSPS) is 12.4. The molecule has 4 rings (SSSR count). The van der Waals surface area contributed by atoms with Gasteiger partial charge in [0.05, 0.1) is 5.69 Å². The third-order valence-electron chi connectivity index (χ3n) is 4.20. The van der Waals surface area contributed by atoms with Crippen molar-refractivity contribution in [2.45, 2.75) is 19.9 Å². The van der Waals surface area contributed by atoms with E-state index in [9.17, 15) is 5.11 Å². The molecule has 0 unspecified atom stereocenters. The predicted octanol–water partition coefficient (Wildman–Crippen LogP) is 5.32. The zero-order valence-electron chi connectivity index (χ0n) is 15.0. The summed E-state index contributed by atoms with van der Waals surface area (Å²) in [4.78, 5) is 4.66. The van der Waals surface area contributed by atoms with Gasteiger partial charge in [0, 0.05) is 16.6 Å². The zero-order chi connectivity index (χ0) is 19.0. The average Bonchev–Trinajstić information content (AvgIpc) is 3.10. The number of aromatic nitrogens is 1. The van der Waals surface area contributed by atoms with Crippen molar-refractivity contribution in [1.82, 2.24) is 4.98 Å². The molecule has 1 aliphatic rings. The van der Waals surface area contributed by atoms with Crippen LogP contribution in [0.2, 0.25) is 5.02 Å². The standard InChI is InChI=1S/C21H19ClN2O3/c1-12(2)23-21-9-14(13-3-6-19-20(8-13)27-11-26-19)7-17(24-21)16-10-15(22)4-5-18(16)25/h3-10,12,25H,11H2,1-2H3,(H,23,24). The second kappa shape index (κ2) is 7.00. The van der Waals surface area contributed by atoms with Gasteiger partial charge in [-0.3, -0.25) is 0 Å². The van der Waals surface area contributed by atoms with E-state index in [0.717, 1.165) is 28.4 Å². The van der Waals surface area contributed by atoms with E-state index >= 15 is 0 Å². The van der Waals surface area contributed by atoms with Gasteiger partial charge in [0.2, 0.25) is 6.79 Å². The Hall–Kier alpha value is -2.92. The van der Waals surface area contributed by atoms with Crippen molar-refractivity contribution < 1.29 is 14.6 Å². The first-order valence-electron chi connectivity index (χ1n) is 8.67. The Labute approximate surface area is 162 Å². The Morgan fingerprint density at radius 2 is 1.81 bits per heavy atom. The lowest BCUT2D eigenvalue weighted by atomic mass is 10.0. The monoisotopic (exact) mass is 382 g/mol. The van der Waals surface area contributed by atoms with Gasteiger partial charge < -0.3 is 19.9 Å². The maximum Gasteiger partial charge on any atom is 0.231 e. The largest absolute Gasteiger partial charge is 0.507 e. The van der Waals surface area contributed by atoms with Gasteiger partial charge in [-0.05, 0) is 67.4 Å². The number of rotatable bonds is 4. The van der Waals surface area contributed by atoms with Crippen molar-refractivity contribution >= 4 is 17.4 Å². The van der Waals surface area contributed by atoms with Crippen LogP contribution in [0.15, 0.2) is 48.5 Å². The number of halogens is 1. The minimum atomic E-state index is 0.130.